The summed E-state index contributed by atoms with van der Waals surface area (Å²) in [7, 11) is 0. The van der Waals surface area contributed by atoms with E-state index in [0.29, 0.717) is 5.92 Å². The molecule has 0 unspecified atom stereocenters. The molecule has 0 fully saturated rings. The van der Waals surface area contributed by atoms with E-state index in [-0.39, 0.29) is 0 Å². The molecule has 0 saturated carbocycles. The van der Waals surface area contributed by atoms with Gasteiger partial charge in [0.1, 0.15) is 0 Å². The van der Waals surface area contributed by atoms with Crippen molar-refractivity contribution >= 4 is 0 Å². The molecule has 0 amide bonds. The van der Waals surface area contributed by atoms with E-state index in [1.807, 2.05) is 0 Å². The average molecular weight is 286 g/mol. The number of hydrogen-bond donors (Lipinski definition) is 0. The van der Waals surface area contributed by atoms with E-state index in [1.165, 1.54) is 33.4 Å². The van der Waals surface area contributed by atoms with Crippen molar-refractivity contribution in [2.75, 3.05) is 0 Å². The van der Waals surface area contributed by atoms with E-state index in [1.54, 1.807) is 0 Å². The third-order valence-corrected chi connectivity index (χ3v) is 4.14. The zero-order valence-corrected chi connectivity index (χ0v) is 13.5. The molecule has 0 bridgehead atoms. The number of benzene rings is 3. The summed E-state index contributed by atoms with van der Waals surface area (Å²) in [5.41, 5.74) is 7.89. The van der Waals surface area contributed by atoms with Crippen LogP contribution in [-0.2, 0) is 0 Å². The van der Waals surface area contributed by atoms with Crippen LogP contribution in [0.15, 0.2) is 72.8 Å². The Hall–Kier alpha value is -2.34. The first-order valence-corrected chi connectivity index (χ1v) is 7.91. The maximum atomic E-state index is 2.33. The van der Waals surface area contributed by atoms with Crippen molar-refractivity contribution < 1.29 is 0 Å². The van der Waals surface area contributed by atoms with Gasteiger partial charge in [-0.1, -0.05) is 86.1 Å². The topological polar surface area (TPSA) is 0 Å². The second-order valence-corrected chi connectivity index (χ2v) is 6.19. The lowest BCUT2D eigenvalue weighted by atomic mass is 9.89. The lowest BCUT2D eigenvalue weighted by Gasteiger charge is -2.15. The van der Waals surface area contributed by atoms with Crippen LogP contribution in [0.5, 0.6) is 0 Å². The largest absolute Gasteiger partial charge is 0.0622 e. The van der Waals surface area contributed by atoms with E-state index in [0.717, 1.165) is 0 Å². The summed E-state index contributed by atoms with van der Waals surface area (Å²) < 4.78 is 0. The Labute approximate surface area is 133 Å². The minimum absolute atomic E-state index is 0.516. The van der Waals surface area contributed by atoms with E-state index in [4.69, 9.17) is 0 Å². The van der Waals surface area contributed by atoms with Gasteiger partial charge in [0, 0.05) is 0 Å². The molecule has 0 heteroatoms. The fraction of sp³-hybridized carbons (Fsp3) is 0.182. The van der Waals surface area contributed by atoms with Crippen molar-refractivity contribution in [2.24, 2.45) is 0 Å². The van der Waals surface area contributed by atoms with Crippen molar-refractivity contribution in [3.05, 3.63) is 83.9 Å². The van der Waals surface area contributed by atoms with Gasteiger partial charge in [0.15, 0.2) is 0 Å². The Kier molecular flexibility index (Phi) is 4.11. The molecule has 22 heavy (non-hydrogen) atoms. The van der Waals surface area contributed by atoms with Crippen LogP contribution in [0, 0.1) is 6.92 Å². The van der Waals surface area contributed by atoms with Gasteiger partial charge in [0.25, 0.3) is 0 Å². The Morgan fingerprint density at radius 3 is 1.91 bits per heavy atom. The SMILES string of the molecule is Cc1ccc(-c2ccc(C(C)C)c(-c3ccccc3)c2)cc1. The second-order valence-electron chi connectivity index (χ2n) is 6.19. The summed E-state index contributed by atoms with van der Waals surface area (Å²) in [5.74, 6) is 0.516. The van der Waals surface area contributed by atoms with Crippen molar-refractivity contribution in [1.82, 2.24) is 0 Å². The first-order chi connectivity index (χ1) is 10.6. The first-order valence-electron chi connectivity index (χ1n) is 7.91. The maximum Gasteiger partial charge on any atom is -0.0143 e. The van der Waals surface area contributed by atoms with Gasteiger partial charge in [0.05, 0.1) is 0 Å². The first kappa shape index (κ1) is 14.6. The van der Waals surface area contributed by atoms with Gasteiger partial charge in [0.2, 0.25) is 0 Å². The third kappa shape index (κ3) is 2.96. The maximum absolute atomic E-state index is 2.33. The molecule has 3 aromatic rings. The Balaban J connectivity index is 2.14. The zero-order valence-electron chi connectivity index (χ0n) is 13.5. The molecule has 0 aliphatic heterocycles. The second kappa shape index (κ2) is 6.19. The molecule has 0 radical (unpaired) electrons. The summed E-state index contributed by atoms with van der Waals surface area (Å²) in [5, 5.41) is 0. The van der Waals surface area contributed by atoms with Crippen LogP contribution < -0.4 is 0 Å². The van der Waals surface area contributed by atoms with E-state index >= 15 is 0 Å². The molecule has 0 aliphatic carbocycles. The van der Waals surface area contributed by atoms with Gasteiger partial charge in [-0.2, -0.15) is 0 Å². The monoisotopic (exact) mass is 286 g/mol. The molecule has 0 saturated heterocycles. The van der Waals surface area contributed by atoms with E-state index in [2.05, 4.69) is 93.6 Å². The van der Waals surface area contributed by atoms with Crippen LogP contribution in [0.2, 0.25) is 0 Å². The van der Waals surface area contributed by atoms with Gasteiger partial charge in [-0.3, -0.25) is 0 Å². The molecular formula is C22H22. The molecule has 0 atom stereocenters. The molecule has 0 aromatic heterocycles. The van der Waals surface area contributed by atoms with E-state index < -0.39 is 0 Å². The average Bonchev–Trinajstić information content (AvgIpc) is 2.56. The quantitative estimate of drug-likeness (QED) is 0.519. The highest BCUT2D eigenvalue weighted by atomic mass is 14.1. The van der Waals surface area contributed by atoms with Gasteiger partial charge < -0.3 is 0 Å². The third-order valence-electron chi connectivity index (χ3n) is 4.14. The van der Waals surface area contributed by atoms with Crippen LogP contribution in [-0.4, -0.2) is 0 Å². The van der Waals surface area contributed by atoms with E-state index in [9.17, 15) is 0 Å². The molecule has 3 rings (SSSR count). The minimum atomic E-state index is 0.516. The summed E-state index contributed by atoms with van der Waals surface area (Å²) in [6.45, 7) is 6.64. The number of rotatable bonds is 3. The molecular weight excluding hydrogens is 264 g/mol. The lowest BCUT2D eigenvalue weighted by Crippen LogP contribution is -1.93. The van der Waals surface area contributed by atoms with Gasteiger partial charge in [-0.25, -0.2) is 0 Å². The normalized spacial score (nSPS) is 10.9. The fourth-order valence-electron chi connectivity index (χ4n) is 2.85. The molecule has 0 heterocycles. The summed E-state index contributed by atoms with van der Waals surface area (Å²) in [6, 6.07) is 26.3. The smallest absolute Gasteiger partial charge is 0.0143 e. The van der Waals surface area contributed by atoms with Crippen LogP contribution in [0.25, 0.3) is 22.3 Å². The fourth-order valence-corrected chi connectivity index (χ4v) is 2.85. The Morgan fingerprint density at radius 2 is 1.27 bits per heavy atom. The van der Waals surface area contributed by atoms with Crippen molar-refractivity contribution in [2.45, 2.75) is 26.7 Å². The Bertz CT molecular complexity index is 750. The zero-order chi connectivity index (χ0) is 15.5. The van der Waals surface area contributed by atoms with Crippen LogP contribution >= 0.6 is 0 Å². The minimum Gasteiger partial charge on any atom is -0.0622 e. The molecule has 3 aromatic carbocycles. The Morgan fingerprint density at radius 1 is 0.636 bits per heavy atom. The summed E-state index contributed by atoms with van der Waals surface area (Å²) in [4.78, 5) is 0. The lowest BCUT2D eigenvalue weighted by molar-refractivity contribution is 0.869. The predicted molar refractivity (Wildman–Crippen MR) is 96.1 cm³/mol. The standard InChI is InChI=1S/C22H22/c1-16(2)21-14-13-20(18-11-9-17(3)10-12-18)15-22(21)19-7-5-4-6-8-19/h4-16H,1-3H3. The summed E-state index contributed by atoms with van der Waals surface area (Å²) >= 11 is 0. The highest BCUT2D eigenvalue weighted by Gasteiger charge is 2.10. The number of aryl methyl sites for hydroxylation is 1. The highest BCUT2D eigenvalue weighted by molar-refractivity contribution is 5.76. The molecule has 0 nitrogen and oxygen atoms in total. The van der Waals surface area contributed by atoms with Crippen LogP contribution in [0.4, 0.5) is 0 Å². The molecule has 0 N–H and O–H groups in total. The van der Waals surface area contributed by atoms with Gasteiger partial charge >= 0.3 is 0 Å². The number of hydrogen-bond acceptors (Lipinski definition) is 0. The molecule has 110 valence electrons. The van der Waals surface area contributed by atoms with Crippen LogP contribution in [0.1, 0.15) is 30.9 Å². The van der Waals surface area contributed by atoms with Crippen molar-refractivity contribution in [3.8, 4) is 22.3 Å². The molecule has 0 aliphatic rings. The summed E-state index contributed by atoms with van der Waals surface area (Å²) in [6.07, 6.45) is 0. The van der Waals surface area contributed by atoms with Gasteiger partial charge in [-0.15, -0.1) is 0 Å². The van der Waals surface area contributed by atoms with Gasteiger partial charge in [-0.05, 0) is 46.7 Å². The van der Waals surface area contributed by atoms with Crippen molar-refractivity contribution in [1.29, 1.82) is 0 Å². The molecule has 0 spiro atoms. The highest BCUT2D eigenvalue weighted by Crippen LogP contribution is 2.33. The predicted octanol–water partition coefficient (Wildman–Crippen LogP) is 6.45. The van der Waals surface area contributed by atoms with Crippen molar-refractivity contribution in [3.63, 3.8) is 0 Å². The van der Waals surface area contributed by atoms with Crippen LogP contribution in [0.3, 0.4) is 0 Å².